The van der Waals surface area contributed by atoms with Crippen LogP contribution in [0.15, 0.2) is 65.5 Å². The van der Waals surface area contributed by atoms with Crippen LogP contribution in [0.3, 0.4) is 0 Å². The number of nitrogens with two attached hydrogens (primary N) is 1. The monoisotopic (exact) mass is 489 g/mol. The molecule has 4 aromatic rings. The molecule has 9 heteroatoms. The lowest BCUT2D eigenvalue weighted by Gasteiger charge is -2.24. The van der Waals surface area contributed by atoms with Gasteiger partial charge in [-0.2, -0.15) is 13.2 Å². The zero-order valence-electron chi connectivity index (χ0n) is 17.9. The molecule has 0 aliphatic carbocycles. The Hall–Kier alpha value is -2.98. The molecule has 3 aromatic carbocycles. The maximum absolute atomic E-state index is 13.1. The minimum atomic E-state index is -4.42. The van der Waals surface area contributed by atoms with Gasteiger partial charge in [0, 0.05) is 20.2 Å². The smallest absolute Gasteiger partial charge is 0.416 e. The molecule has 0 amide bonds. The number of hydrogen-bond acceptors (Lipinski definition) is 6. The molecular formula is C25H22F3NO4S. The summed E-state index contributed by atoms with van der Waals surface area (Å²) in [6, 6.07) is 14.9. The maximum Gasteiger partial charge on any atom is 0.416 e. The van der Waals surface area contributed by atoms with E-state index in [0.29, 0.717) is 34.1 Å². The van der Waals surface area contributed by atoms with E-state index < -0.39 is 17.3 Å². The topological polar surface area (TPSA) is 92.8 Å². The number of ether oxygens (including phenoxy) is 1. The summed E-state index contributed by atoms with van der Waals surface area (Å²) in [7, 11) is 0. The highest BCUT2D eigenvalue weighted by molar-refractivity contribution is 7.24. The van der Waals surface area contributed by atoms with Gasteiger partial charge >= 0.3 is 6.18 Å². The molecule has 0 aliphatic heterocycles. The Labute approximate surface area is 196 Å². The lowest BCUT2D eigenvalue weighted by Crippen LogP contribution is -2.47. The molecule has 0 radical (unpaired) electrons. The molecule has 0 aliphatic rings. The van der Waals surface area contributed by atoms with Crippen LogP contribution in [-0.2, 0) is 12.6 Å². The number of alkyl halides is 3. The third-order valence-electron chi connectivity index (χ3n) is 5.66. The maximum atomic E-state index is 13.1. The largest absolute Gasteiger partial charge is 0.457 e. The second-order valence-corrected chi connectivity index (χ2v) is 9.31. The Morgan fingerprint density at radius 1 is 0.853 bits per heavy atom. The van der Waals surface area contributed by atoms with Crippen LogP contribution in [0, 0.1) is 0 Å². The van der Waals surface area contributed by atoms with Gasteiger partial charge in [0.05, 0.1) is 24.3 Å². The number of benzene rings is 3. The number of aliphatic hydroxyl groups excluding tert-OH is 2. The fourth-order valence-corrected chi connectivity index (χ4v) is 4.63. The van der Waals surface area contributed by atoms with Gasteiger partial charge in [-0.1, -0.05) is 6.07 Å². The molecule has 0 saturated heterocycles. The van der Waals surface area contributed by atoms with Gasteiger partial charge in [0.25, 0.3) is 0 Å². The molecule has 5 nitrogen and oxygen atoms in total. The third-order valence-corrected chi connectivity index (χ3v) is 6.80. The van der Waals surface area contributed by atoms with E-state index in [1.807, 2.05) is 12.1 Å². The van der Waals surface area contributed by atoms with E-state index in [4.69, 9.17) is 10.5 Å². The Kier molecular flexibility index (Phi) is 6.64. The molecule has 0 spiro atoms. The minimum Gasteiger partial charge on any atom is -0.457 e. The Bertz CT molecular complexity index is 1380. The average Bonchev–Trinajstić information content (AvgIpc) is 2.82. The highest BCUT2D eigenvalue weighted by Crippen LogP contribution is 2.33. The first-order chi connectivity index (χ1) is 16.1. The highest BCUT2D eigenvalue weighted by atomic mass is 32.1. The summed E-state index contributed by atoms with van der Waals surface area (Å²) in [5.74, 6) is 0.665. The Morgan fingerprint density at radius 2 is 1.53 bits per heavy atom. The molecular weight excluding hydrogens is 467 g/mol. The number of halogens is 3. The van der Waals surface area contributed by atoms with Crippen molar-refractivity contribution < 1.29 is 28.1 Å². The van der Waals surface area contributed by atoms with Gasteiger partial charge in [0.15, 0.2) is 5.43 Å². The van der Waals surface area contributed by atoms with Gasteiger partial charge in [0.1, 0.15) is 11.5 Å². The molecule has 0 fully saturated rings. The van der Waals surface area contributed by atoms with Gasteiger partial charge in [0.2, 0.25) is 0 Å². The number of hydrogen-bond donors (Lipinski definition) is 3. The molecule has 4 N–H and O–H groups in total. The zero-order chi connectivity index (χ0) is 24.5. The molecule has 0 unspecified atom stereocenters. The van der Waals surface area contributed by atoms with E-state index in [9.17, 15) is 28.2 Å². The van der Waals surface area contributed by atoms with Gasteiger partial charge < -0.3 is 20.7 Å². The molecule has 34 heavy (non-hydrogen) atoms. The van der Waals surface area contributed by atoms with Crippen LogP contribution in [0.4, 0.5) is 13.2 Å². The van der Waals surface area contributed by atoms with E-state index in [1.165, 1.54) is 23.5 Å². The van der Waals surface area contributed by atoms with Crippen LogP contribution >= 0.6 is 11.3 Å². The summed E-state index contributed by atoms with van der Waals surface area (Å²) in [5.41, 5.74) is 4.83. The molecule has 4 rings (SSSR count). The van der Waals surface area contributed by atoms with Gasteiger partial charge in [-0.05, 0) is 73.0 Å². The number of aryl methyl sites for hydroxylation is 1. The number of fused-ring (bicyclic) bond motifs is 2. The SMILES string of the molecule is NC(CO)(CO)CCc1ccc2sc3cc(Oc4ccc(C(F)(F)F)cc4)ccc3c(=O)c2c1. The fraction of sp³-hybridized carbons (Fsp3) is 0.240. The molecule has 1 heterocycles. The van der Waals surface area contributed by atoms with E-state index in [0.717, 1.165) is 22.4 Å². The van der Waals surface area contributed by atoms with E-state index in [-0.39, 0.29) is 24.4 Å². The van der Waals surface area contributed by atoms with Crippen molar-refractivity contribution in [2.24, 2.45) is 5.73 Å². The summed E-state index contributed by atoms with van der Waals surface area (Å²) in [6.07, 6.45) is -3.56. The van der Waals surface area contributed by atoms with Crippen LogP contribution in [-0.4, -0.2) is 29.0 Å². The first-order valence-corrected chi connectivity index (χ1v) is 11.3. The molecule has 0 saturated carbocycles. The van der Waals surface area contributed by atoms with Crippen molar-refractivity contribution >= 4 is 31.5 Å². The third kappa shape index (κ3) is 5.07. The van der Waals surface area contributed by atoms with Crippen molar-refractivity contribution in [3.05, 3.63) is 82.0 Å². The Balaban J connectivity index is 1.61. The van der Waals surface area contributed by atoms with Crippen LogP contribution < -0.4 is 15.9 Å². The summed E-state index contributed by atoms with van der Waals surface area (Å²) >= 11 is 1.40. The quantitative estimate of drug-likeness (QED) is 0.323. The van der Waals surface area contributed by atoms with Gasteiger partial charge in [-0.15, -0.1) is 11.3 Å². The first kappa shape index (κ1) is 24.2. The summed E-state index contributed by atoms with van der Waals surface area (Å²) in [6.45, 7) is -0.680. The summed E-state index contributed by atoms with van der Waals surface area (Å²) < 4.78 is 45.4. The lowest BCUT2D eigenvalue weighted by atomic mass is 9.93. The summed E-state index contributed by atoms with van der Waals surface area (Å²) in [5, 5.41) is 19.8. The lowest BCUT2D eigenvalue weighted by molar-refractivity contribution is -0.137. The number of aliphatic hydroxyl groups is 2. The van der Waals surface area contributed by atoms with E-state index in [1.54, 1.807) is 24.3 Å². The highest BCUT2D eigenvalue weighted by Gasteiger charge is 2.30. The molecule has 178 valence electrons. The van der Waals surface area contributed by atoms with E-state index in [2.05, 4.69) is 0 Å². The minimum absolute atomic E-state index is 0.144. The van der Waals surface area contributed by atoms with Crippen LogP contribution in [0.5, 0.6) is 11.5 Å². The van der Waals surface area contributed by atoms with Crippen molar-refractivity contribution in [2.45, 2.75) is 24.6 Å². The predicted octanol–water partition coefficient (Wildman–Crippen LogP) is 4.84. The molecule has 0 atom stereocenters. The van der Waals surface area contributed by atoms with Crippen molar-refractivity contribution in [3.8, 4) is 11.5 Å². The summed E-state index contributed by atoms with van der Waals surface area (Å²) in [4.78, 5) is 13.1. The van der Waals surface area contributed by atoms with Crippen molar-refractivity contribution in [2.75, 3.05) is 13.2 Å². The normalized spacial score (nSPS) is 12.4. The number of rotatable bonds is 7. The van der Waals surface area contributed by atoms with Gasteiger partial charge in [-0.3, -0.25) is 4.79 Å². The van der Waals surface area contributed by atoms with Crippen molar-refractivity contribution in [3.63, 3.8) is 0 Å². The van der Waals surface area contributed by atoms with Crippen molar-refractivity contribution in [1.82, 2.24) is 0 Å². The van der Waals surface area contributed by atoms with E-state index >= 15 is 0 Å². The first-order valence-electron chi connectivity index (χ1n) is 10.5. The average molecular weight is 490 g/mol. The van der Waals surface area contributed by atoms with Crippen LogP contribution in [0.1, 0.15) is 17.5 Å². The van der Waals surface area contributed by atoms with Gasteiger partial charge in [-0.25, -0.2) is 0 Å². The Morgan fingerprint density at radius 3 is 2.18 bits per heavy atom. The second kappa shape index (κ2) is 9.34. The second-order valence-electron chi connectivity index (χ2n) is 8.22. The fourth-order valence-electron chi connectivity index (χ4n) is 3.55. The molecule has 1 aromatic heterocycles. The molecule has 0 bridgehead atoms. The van der Waals surface area contributed by atoms with Crippen LogP contribution in [0.25, 0.3) is 20.2 Å². The van der Waals surface area contributed by atoms with Crippen molar-refractivity contribution in [1.29, 1.82) is 0 Å². The predicted molar refractivity (Wildman–Crippen MR) is 127 cm³/mol. The van der Waals surface area contributed by atoms with Crippen LogP contribution in [0.2, 0.25) is 0 Å². The zero-order valence-corrected chi connectivity index (χ0v) is 18.7. The standard InChI is InChI=1S/C25H22F3NO4S/c26-25(27,28)16-2-4-17(5-3-16)33-18-6-7-19-22(12-18)34-21-8-1-15(11-20(21)23(19)32)9-10-24(29,13-30)14-31/h1-8,11-12,30-31H,9-10,13-14,29H2.